The number of amides is 1. The Bertz CT molecular complexity index is 1300. The van der Waals surface area contributed by atoms with Gasteiger partial charge in [-0.3, -0.25) is 9.67 Å². The Morgan fingerprint density at radius 3 is 2.77 bits per heavy atom. The van der Waals surface area contributed by atoms with Crippen LogP contribution in [0.3, 0.4) is 0 Å². The molecule has 0 unspecified atom stereocenters. The summed E-state index contributed by atoms with van der Waals surface area (Å²) in [4.78, 5) is 17.7. The predicted octanol–water partition coefficient (Wildman–Crippen LogP) is 3.98. The van der Waals surface area contributed by atoms with E-state index in [0.717, 1.165) is 39.1 Å². The minimum absolute atomic E-state index is 0.261. The maximum atomic E-state index is 11.6. The van der Waals surface area contributed by atoms with E-state index in [4.69, 9.17) is 5.10 Å². The van der Waals surface area contributed by atoms with Gasteiger partial charge in [-0.15, -0.1) is 0 Å². The molecule has 4 aromatic rings. The minimum atomic E-state index is -0.898. The van der Waals surface area contributed by atoms with Crippen LogP contribution >= 0.6 is 0 Å². The zero-order chi connectivity index (χ0) is 21.7. The second-order valence-corrected chi connectivity index (χ2v) is 8.30. The number of nitrogens with zero attached hydrogens (tertiary/aromatic N) is 6. The lowest BCUT2D eigenvalue weighted by molar-refractivity contribution is 0.139. The molecule has 0 radical (unpaired) electrons. The highest BCUT2D eigenvalue weighted by atomic mass is 16.4. The van der Waals surface area contributed by atoms with Gasteiger partial charge in [-0.2, -0.15) is 10.2 Å². The Labute approximate surface area is 179 Å². The average Bonchev–Trinajstić information content (AvgIpc) is 3.36. The lowest BCUT2D eigenvalue weighted by Gasteiger charge is -2.25. The van der Waals surface area contributed by atoms with Gasteiger partial charge in [0.05, 0.1) is 35.5 Å². The SMILES string of the molecule is CC(C)c1nn(-c2cccc3cc(-c4cnn(C)c4)ncc23)c2c1CCN(C(=O)O)C2. The summed E-state index contributed by atoms with van der Waals surface area (Å²) in [5.41, 5.74) is 5.89. The Morgan fingerprint density at radius 1 is 1.23 bits per heavy atom. The van der Waals surface area contributed by atoms with Crippen LogP contribution in [0.1, 0.15) is 36.7 Å². The quantitative estimate of drug-likeness (QED) is 0.546. The Hall–Kier alpha value is -3.68. The molecular weight excluding hydrogens is 392 g/mol. The average molecular weight is 416 g/mol. The van der Waals surface area contributed by atoms with Crippen LogP contribution in [0.5, 0.6) is 0 Å². The molecule has 0 bridgehead atoms. The van der Waals surface area contributed by atoms with Crippen LogP contribution in [-0.2, 0) is 20.0 Å². The fourth-order valence-electron chi connectivity index (χ4n) is 4.32. The van der Waals surface area contributed by atoms with Crippen molar-refractivity contribution in [2.45, 2.75) is 32.7 Å². The van der Waals surface area contributed by atoms with Crippen molar-refractivity contribution >= 4 is 16.9 Å². The van der Waals surface area contributed by atoms with Gasteiger partial charge in [0.25, 0.3) is 0 Å². The van der Waals surface area contributed by atoms with Crippen molar-refractivity contribution in [2.24, 2.45) is 7.05 Å². The summed E-state index contributed by atoms with van der Waals surface area (Å²) in [6, 6.07) is 8.14. The second kappa shape index (κ2) is 7.23. The lowest BCUT2D eigenvalue weighted by atomic mass is 9.98. The maximum absolute atomic E-state index is 11.6. The Balaban J connectivity index is 1.66. The first-order chi connectivity index (χ1) is 14.9. The molecule has 4 heterocycles. The predicted molar refractivity (Wildman–Crippen MR) is 117 cm³/mol. The first-order valence-corrected chi connectivity index (χ1v) is 10.4. The van der Waals surface area contributed by atoms with Crippen LogP contribution in [0.2, 0.25) is 0 Å². The van der Waals surface area contributed by atoms with E-state index in [9.17, 15) is 9.90 Å². The molecule has 1 aromatic carbocycles. The van der Waals surface area contributed by atoms with Crippen molar-refractivity contribution in [3.63, 3.8) is 0 Å². The largest absolute Gasteiger partial charge is 0.465 e. The number of hydrogen-bond acceptors (Lipinski definition) is 4. The smallest absolute Gasteiger partial charge is 0.407 e. The molecule has 8 heteroatoms. The van der Waals surface area contributed by atoms with Crippen molar-refractivity contribution in [1.82, 2.24) is 29.4 Å². The topological polar surface area (TPSA) is 89.1 Å². The number of aromatic nitrogens is 5. The third-order valence-corrected chi connectivity index (χ3v) is 5.88. The molecule has 3 aromatic heterocycles. The molecular formula is C23H24N6O2. The third kappa shape index (κ3) is 3.24. The summed E-state index contributed by atoms with van der Waals surface area (Å²) < 4.78 is 3.68. The van der Waals surface area contributed by atoms with Crippen LogP contribution < -0.4 is 0 Å². The minimum Gasteiger partial charge on any atom is -0.465 e. The van der Waals surface area contributed by atoms with E-state index in [2.05, 4.69) is 36.1 Å². The maximum Gasteiger partial charge on any atom is 0.407 e. The van der Waals surface area contributed by atoms with Crippen LogP contribution in [-0.4, -0.2) is 47.2 Å². The molecule has 0 saturated carbocycles. The molecule has 0 saturated heterocycles. The summed E-state index contributed by atoms with van der Waals surface area (Å²) >= 11 is 0. The number of hydrogen-bond donors (Lipinski definition) is 1. The first-order valence-electron chi connectivity index (χ1n) is 10.4. The van der Waals surface area contributed by atoms with E-state index in [0.29, 0.717) is 19.5 Å². The van der Waals surface area contributed by atoms with Crippen molar-refractivity contribution < 1.29 is 9.90 Å². The molecule has 158 valence electrons. The molecule has 31 heavy (non-hydrogen) atoms. The molecule has 5 rings (SSSR count). The fraction of sp³-hybridized carbons (Fsp3) is 0.304. The number of pyridine rings is 1. The van der Waals surface area contributed by atoms with E-state index < -0.39 is 6.09 Å². The van der Waals surface area contributed by atoms with Crippen molar-refractivity contribution in [3.05, 3.63) is 59.8 Å². The highest BCUT2D eigenvalue weighted by Gasteiger charge is 2.29. The van der Waals surface area contributed by atoms with Crippen LogP contribution in [0, 0.1) is 0 Å². The molecule has 1 amide bonds. The monoisotopic (exact) mass is 416 g/mol. The molecule has 1 aliphatic heterocycles. The van der Waals surface area contributed by atoms with E-state index >= 15 is 0 Å². The normalized spacial score (nSPS) is 13.7. The second-order valence-electron chi connectivity index (χ2n) is 8.30. The molecule has 0 fully saturated rings. The van der Waals surface area contributed by atoms with Gasteiger partial charge < -0.3 is 10.0 Å². The molecule has 0 atom stereocenters. The Kier molecular flexibility index (Phi) is 4.50. The highest BCUT2D eigenvalue weighted by Crippen LogP contribution is 2.32. The third-order valence-electron chi connectivity index (χ3n) is 5.88. The number of rotatable bonds is 3. The van der Waals surface area contributed by atoms with Crippen LogP contribution in [0.15, 0.2) is 42.9 Å². The molecule has 0 aliphatic carbocycles. The molecule has 0 spiro atoms. The summed E-state index contributed by atoms with van der Waals surface area (Å²) in [5.74, 6) is 0.261. The van der Waals surface area contributed by atoms with Crippen LogP contribution in [0.4, 0.5) is 4.79 Å². The summed E-state index contributed by atoms with van der Waals surface area (Å²) in [6.07, 6.45) is 5.40. The number of aryl methyl sites for hydroxylation is 1. The van der Waals surface area contributed by atoms with Gasteiger partial charge in [-0.1, -0.05) is 26.0 Å². The molecule has 1 aliphatic rings. The molecule has 8 nitrogen and oxygen atoms in total. The van der Waals surface area contributed by atoms with Gasteiger partial charge in [0.15, 0.2) is 0 Å². The summed E-state index contributed by atoms with van der Waals surface area (Å²) in [7, 11) is 1.89. The van der Waals surface area contributed by atoms with Gasteiger partial charge in [0, 0.05) is 42.5 Å². The van der Waals surface area contributed by atoms with E-state index in [1.165, 1.54) is 10.5 Å². The van der Waals surface area contributed by atoms with Crippen molar-refractivity contribution in [1.29, 1.82) is 0 Å². The van der Waals surface area contributed by atoms with Crippen molar-refractivity contribution in [3.8, 4) is 16.9 Å². The van der Waals surface area contributed by atoms with Gasteiger partial charge in [-0.05, 0) is 29.9 Å². The van der Waals surface area contributed by atoms with Crippen LogP contribution in [0.25, 0.3) is 27.7 Å². The number of benzene rings is 1. The van der Waals surface area contributed by atoms with E-state index in [1.807, 2.05) is 36.3 Å². The highest BCUT2D eigenvalue weighted by molar-refractivity contribution is 5.91. The first kappa shape index (κ1) is 19.3. The van der Waals surface area contributed by atoms with E-state index in [1.54, 1.807) is 10.9 Å². The standard InChI is InChI=1S/C23H24N6O2/c1-14(2)22-17-7-8-28(23(30)31)13-21(17)29(26-22)20-6-4-5-15-9-19(24-11-18(15)20)16-10-25-27(3)12-16/h4-6,9-12,14H,7-8,13H2,1-3H3,(H,30,31). The summed E-state index contributed by atoms with van der Waals surface area (Å²) in [6.45, 7) is 5.09. The number of carboxylic acid groups (broad SMARTS) is 1. The number of carbonyl (C=O) groups is 1. The van der Waals surface area contributed by atoms with Gasteiger partial charge in [0.1, 0.15) is 0 Å². The summed E-state index contributed by atoms with van der Waals surface area (Å²) in [5, 5.41) is 20.7. The lowest BCUT2D eigenvalue weighted by Crippen LogP contribution is -2.35. The van der Waals surface area contributed by atoms with Gasteiger partial charge in [0.2, 0.25) is 0 Å². The zero-order valence-corrected chi connectivity index (χ0v) is 17.8. The van der Waals surface area contributed by atoms with Gasteiger partial charge >= 0.3 is 6.09 Å². The fourth-order valence-corrected chi connectivity index (χ4v) is 4.32. The van der Waals surface area contributed by atoms with Crippen molar-refractivity contribution in [2.75, 3.05) is 6.54 Å². The Morgan fingerprint density at radius 2 is 2.06 bits per heavy atom. The van der Waals surface area contributed by atoms with E-state index in [-0.39, 0.29) is 5.92 Å². The van der Waals surface area contributed by atoms with Gasteiger partial charge in [-0.25, -0.2) is 9.48 Å². The zero-order valence-electron chi connectivity index (χ0n) is 17.8. The molecule has 1 N–H and O–H groups in total. The number of fused-ring (bicyclic) bond motifs is 2.